The topological polar surface area (TPSA) is 73.8 Å². The van der Waals surface area contributed by atoms with Gasteiger partial charge in [-0.3, -0.25) is 19.4 Å². The average Bonchev–Trinajstić information content (AvgIpc) is 2.62. The van der Waals surface area contributed by atoms with Crippen molar-refractivity contribution in [1.82, 2.24) is 19.7 Å². The number of nitrogens with zero attached hydrogens (tertiary/aromatic N) is 4. The second-order valence-corrected chi connectivity index (χ2v) is 5.71. The first-order chi connectivity index (χ1) is 11.5. The summed E-state index contributed by atoms with van der Waals surface area (Å²) >= 11 is 0. The van der Waals surface area contributed by atoms with Gasteiger partial charge in [-0.15, -0.1) is 0 Å². The lowest BCUT2D eigenvalue weighted by Crippen LogP contribution is -2.50. The minimum atomic E-state index is -0.201. The summed E-state index contributed by atoms with van der Waals surface area (Å²) in [6, 6.07) is 3.19. The van der Waals surface area contributed by atoms with Gasteiger partial charge in [0.1, 0.15) is 5.69 Å². The summed E-state index contributed by atoms with van der Waals surface area (Å²) in [5.41, 5.74) is 0.740. The van der Waals surface area contributed by atoms with E-state index in [9.17, 15) is 14.4 Å². The van der Waals surface area contributed by atoms with Crippen molar-refractivity contribution in [2.45, 2.75) is 20.8 Å². The Balaban J connectivity index is 2.10. The van der Waals surface area contributed by atoms with E-state index >= 15 is 0 Å². The Kier molecular flexibility index (Phi) is 5.89. The fourth-order valence-electron chi connectivity index (χ4n) is 2.76. The molecule has 0 aliphatic carbocycles. The Labute approximate surface area is 142 Å². The van der Waals surface area contributed by atoms with Crippen molar-refractivity contribution in [2.24, 2.45) is 0 Å². The molecule has 7 nitrogen and oxygen atoms in total. The van der Waals surface area contributed by atoms with E-state index in [2.05, 4.69) is 4.98 Å². The van der Waals surface area contributed by atoms with Gasteiger partial charge in [0.2, 0.25) is 5.91 Å². The molecule has 1 saturated heterocycles. The van der Waals surface area contributed by atoms with Gasteiger partial charge >= 0.3 is 0 Å². The number of piperazine rings is 1. The van der Waals surface area contributed by atoms with Gasteiger partial charge in [-0.1, -0.05) is 0 Å². The molecular formula is C17H24N4O3. The molecule has 1 aliphatic heterocycles. The van der Waals surface area contributed by atoms with Crippen molar-refractivity contribution in [1.29, 1.82) is 0 Å². The third-order valence-electron chi connectivity index (χ3n) is 4.29. The number of carbonyl (C=O) groups excluding carboxylic acids is 3. The summed E-state index contributed by atoms with van der Waals surface area (Å²) in [6.07, 6.45) is 1.50. The van der Waals surface area contributed by atoms with Crippen molar-refractivity contribution in [3.63, 3.8) is 0 Å². The van der Waals surface area contributed by atoms with Crippen LogP contribution in [0.25, 0.3) is 0 Å². The second-order valence-electron chi connectivity index (χ2n) is 5.71. The van der Waals surface area contributed by atoms with E-state index in [4.69, 9.17) is 0 Å². The first kappa shape index (κ1) is 17.9. The van der Waals surface area contributed by atoms with Gasteiger partial charge in [0.15, 0.2) is 0 Å². The highest BCUT2D eigenvalue weighted by molar-refractivity contribution is 5.98. The minimum Gasteiger partial charge on any atom is -0.339 e. The Morgan fingerprint density at radius 3 is 2.21 bits per heavy atom. The molecule has 3 amide bonds. The zero-order chi connectivity index (χ0) is 17.7. The minimum absolute atomic E-state index is 0.0204. The molecule has 0 bridgehead atoms. The molecule has 0 aromatic carbocycles. The fourth-order valence-corrected chi connectivity index (χ4v) is 2.76. The molecule has 0 radical (unpaired) electrons. The van der Waals surface area contributed by atoms with Crippen molar-refractivity contribution >= 4 is 17.7 Å². The van der Waals surface area contributed by atoms with E-state index in [1.165, 1.54) is 13.1 Å². The van der Waals surface area contributed by atoms with E-state index in [0.717, 1.165) is 0 Å². The number of hydrogen-bond acceptors (Lipinski definition) is 4. The van der Waals surface area contributed by atoms with Crippen LogP contribution in [0.3, 0.4) is 0 Å². The van der Waals surface area contributed by atoms with Crippen LogP contribution in [0.2, 0.25) is 0 Å². The predicted octanol–water partition coefficient (Wildman–Crippen LogP) is 0.868. The third-order valence-corrected chi connectivity index (χ3v) is 4.29. The molecule has 0 atom stereocenters. The van der Waals surface area contributed by atoms with Gasteiger partial charge in [-0.25, -0.2) is 0 Å². The highest BCUT2D eigenvalue weighted by Gasteiger charge is 2.24. The normalized spacial score (nSPS) is 14.5. The van der Waals surface area contributed by atoms with Gasteiger partial charge in [-0.2, -0.15) is 0 Å². The van der Waals surface area contributed by atoms with Crippen molar-refractivity contribution in [2.75, 3.05) is 39.3 Å². The Hall–Kier alpha value is -2.44. The van der Waals surface area contributed by atoms with E-state index < -0.39 is 0 Å². The lowest BCUT2D eigenvalue weighted by atomic mass is 10.1. The number of rotatable bonds is 4. The molecule has 7 heteroatoms. The second kappa shape index (κ2) is 7.90. The summed E-state index contributed by atoms with van der Waals surface area (Å²) in [6.45, 7) is 8.62. The lowest BCUT2D eigenvalue weighted by Gasteiger charge is -2.34. The molecule has 1 aliphatic rings. The van der Waals surface area contributed by atoms with Crippen LogP contribution < -0.4 is 0 Å². The monoisotopic (exact) mass is 332 g/mol. The molecule has 2 heterocycles. The van der Waals surface area contributed by atoms with Crippen LogP contribution in [0.1, 0.15) is 41.6 Å². The highest BCUT2D eigenvalue weighted by Crippen LogP contribution is 2.11. The average molecular weight is 332 g/mol. The molecule has 0 N–H and O–H groups in total. The maximum atomic E-state index is 12.6. The SMILES string of the molecule is CCN(CC)C(=O)c1ccnc(C(=O)N2CCN(C(C)=O)CC2)c1. The number of pyridine rings is 1. The van der Waals surface area contributed by atoms with Crippen molar-refractivity contribution in [3.8, 4) is 0 Å². The number of carbonyl (C=O) groups is 3. The predicted molar refractivity (Wildman–Crippen MR) is 89.6 cm³/mol. The van der Waals surface area contributed by atoms with Gasteiger partial charge in [-0.05, 0) is 26.0 Å². The fraction of sp³-hybridized carbons (Fsp3) is 0.529. The molecule has 0 unspecified atom stereocenters. The molecule has 24 heavy (non-hydrogen) atoms. The first-order valence-corrected chi connectivity index (χ1v) is 8.28. The molecule has 1 aromatic heterocycles. The molecule has 130 valence electrons. The van der Waals surface area contributed by atoms with Crippen molar-refractivity contribution in [3.05, 3.63) is 29.6 Å². The molecule has 1 fully saturated rings. The van der Waals surface area contributed by atoms with Gasteiger partial charge in [0, 0.05) is 58.0 Å². The summed E-state index contributed by atoms with van der Waals surface area (Å²) < 4.78 is 0. The maximum Gasteiger partial charge on any atom is 0.272 e. The zero-order valence-corrected chi connectivity index (χ0v) is 14.5. The number of aromatic nitrogens is 1. The Morgan fingerprint density at radius 2 is 1.67 bits per heavy atom. The summed E-state index contributed by atoms with van der Waals surface area (Å²) in [4.78, 5) is 45.6. The molecular weight excluding hydrogens is 308 g/mol. The number of amides is 3. The first-order valence-electron chi connectivity index (χ1n) is 8.28. The highest BCUT2D eigenvalue weighted by atomic mass is 16.2. The van der Waals surface area contributed by atoms with Crippen LogP contribution in [0, 0.1) is 0 Å². The largest absolute Gasteiger partial charge is 0.339 e. The van der Waals surface area contributed by atoms with Gasteiger partial charge < -0.3 is 14.7 Å². The van der Waals surface area contributed by atoms with Crippen molar-refractivity contribution < 1.29 is 14.4 Å². The van der Waals surface area contributed by atoms with Crippen LogP contribution in [0.5, 0.6) is 0 Å². The molecule has 1 aromatic rings. The van der Waals surface area contributed by atoms with E-state index in [-0.39, 0.29) is 23.4 Å². The Bertz CT molecular complexity index is 620. The molecule has 2 rings (SSSR count). The summed E-state index contributed by atoms with van der Waals surface area (Å²) in [5.74, 6) is -0.280. The summed E-state index contributed by atoms with van der Waals surface area (Å²) in [5, 5.41) is 0. The van der Waals surface area contributed by atoms with Crippen LogP contribution in [-0.2, 0) is 4.79 Å². The smallest absolute Gasteiger partial charge is 0.272 e. The zero-order valence-electron chi connectivity index (χ0n) is 14.5. The van der Waals surface area contributed by atoms with Crippen LogP contribution >= 0.6 is 0 Å². The van der Waals surface area contributed by atoms with Crippen LogP contribution in [-0.4, -0.2) is 76.7 Å². The van der Waals surface area contributed by atoms with E-state index in [1.807, 2.05) is 13.8 Å². The lowest BCUT2D eigenvalue weighted by molar-refractivity contribution is -0.130. The third kappa shape index (κ3) is 3.90. The molecule has 0 saturated carbocycles. The summed E-state index contributed by atoms with van der Waals surface area (Å²) in [7, 11) is 0. The van der Waals surface area contributed by atoms with Crippen LogP contribution in [0.4, 0.5) is 0 Å². The standard InChI is InChI=1S/C17H24N4O3/c1-4-19(5-2)16(23)14-6-7-18-15(12-14)17(24)21-10-8-20(9-11-21)13(3)22/h6-7,12H,4-5,8-11H2,1-3H3. The van der Waals surface area contributed by atoms with E-state index in [1.54, 1.807) is 26.8 Å². The van der Waals surface area contributed by atoms with E-state index in [0.29, 0.717) is 44.8 Å². The van der Waals surface area contributed by atoms with Crippen LogP contribution in [0.15, 0.2) is 18.3 Å². The quantitative estimate of drug-likeness (QED) is 0.820. The number of hydrogen-bond donors (Lipinski definition) is 0. The Morgan fingerprint density at radius 1 is 1.08 bits per heavy atom. The maximum absolute atomic E-state index is 12.6. The molecule has 0 spiro atoms. The van der Waals surface area contributed by atoms with Gasteiger partial charge in [0.25, 0.3) is 11.8 Å². The van der Waals surface area contributed by atoms with Gasteiger partial charge in [0.05, 0.1) is 0 Å².